The Kier molecular flexibility index (Phi) is 3.52. The lowest BCUT2D eigenvalue weighted by Gasteiger charge is -2.05. The second-order valence-corrected chi connectivity index (χ2v) is 5.18. The maximum atomic E-state index is 12.1. The van der Waals surface area contributed by atoms with Crippen molar-refractivity contribution < 1.29 is 4.79 Å². The van der Waals surface area contributed by atoms with E-state index in [4.69, 9.17) is 0 Å². The molecule has 100 valence electrons. The van der Waals surface area contributed by atoms with E-state index < -0.39 is 0 Å². The number of hydrogen-bond acceptors (Lipinski definition) is 2. The number of H-pyrrole nitrogens is 1. The smallest absolute Gasteiger partial charge is 0.228 e. The first-order valence-corrected chi connectivity index (χ1v) is 6.99. The van der Waals surface area contributed by atoms with E-state index in [0.717, 1.165) is 16.5 Å². The van der Waals surface area contributed by atoms with Crippen LogP contribution >= 0.6 is 15.9 Å². The van der Waals surface area contributed by atoms with Crippen molar-refractivity contribution in [3.8, 4) is 0 Å². The summed E-state index contributed by atoms with van der Waals surface area (Å²) in [4.78, 5) is 19.3. The van der Waals surface area contributed by atoms with Crippen LogP contribution < -0.4 is 5.32 Å². The van der Waals surface area contributed by atoms with Gasteiger partial charge in [-0.05, 0) is 39.7 Å². The molecule has 0 bridgehead atoms. The molecule has 0 atom stereocenters. The number of aromatic amines is 1. The lowest BCUT2D eigenvalue weighted by molar-refractivity contribution is -0.115. The van der Waals surface area contributed by atoms with Gasteiger partial charge < -0.3 is 10.3 Å². The maximum absolute atomic E-state index is 12.1. The molecule has 2 heterocycles. The van der Waals surface area contributed by atoms with Crippen molar-refractivity contribution in [1.29, 1.82) is 0 Å². The molecule has 3 rings (SSSR count). The van der Waals surface area contributed by atoms with Crippen LogP contribution in [-0.2, 0) is 11.2 Å². The fraction of sp³-hybridized carbons (Fsp3) is 0.0667. The maximum Gasteiger partial charge on any atom is 0.228 e. The molecular formula is C15H12BrN3O. The fourth-order valence-electron chi connectivity index (χ4n) is 2.12. The van der Waals surface area contributed by atoms with Gasteiger partial charge in [-0.1, -0.05) is 18.2 Å². The molecule has 0 saturated heterocycles. The highest BCUT2D eigenvalue weighted by Gasteiger charge is 2.10. The number of nitrogens with one attached hydrogen (secondary N) is 2. The van der Waals surface area contributed by atoms with Crippen LogP contribution in [0.2, 0.25) is 0 Å². The average Bonchev–Trinajstić information content (AvgIpc) is 2.85. The lowest BCUT2D eigenvalue weighted by atomic mass is 10.1. The first-order chi connectivity index (χ1) is 9.74. The van der Waals surface area contributed by atoms with Crippen molar-refractivity contribution in [1.82, 2.24) is 9.97 Å². The number of para-hydroxylation sites is 1. The highest BCUT2D eigenvalue weighted by Crippen LogP contribution is 2.21. The molecule has 4 nitrogen and oxygen atoms in total. The van der Waals surface area contributed by atoms with Crippen LogP contribution in [0.5, 0.6) is 0 Å². The molecule has 0 aliphatic carbocycles. The first kappa shape index (κ1) is 12.9. The Balaban J connectivity index is 1.78. The summed E-state index contributed by atoms with van der Waals surface area (Å²) in [5.74, 6) is -0.0662. The highest BCUT2D eigenvalue weighted by atomic mass is 79.9. The van der Waals surface area contributed by atoms with E-state index in [-0.39, 0.29) is 5.91 Å². The van der Waals surface area contributed by atoms with Gasteiger partial charge >= 0.3 is 0 Å². The molecule has 5 heteroatoms. The summed E-state index contributed by atoms with van der Waals surface area (Å²) in [5.41, 5.74) is 2.70. The number of aromatic nitrogens is 2. The zero-order chi connectivity index (χ0) is 13.9. The molecule has 0 spiro atoms. The predicted molar refractivity (Wildman–Crippen MR) is 82.6 cm³/mol. The Labute approximate surface area is 124 Å². The number of benzene rings is 1. The first-order valence-electron chi connectivity index (χ1n) is 6.19. The Morgan fingerprint density at radius 3 is 2.95 bits per heavy atom. The lowest BCUT2D eigenvalue weighted by Crippen LogP contribution is -2.14. The minimum absolute atomic E-state index is 0.0662. The van der Waals surface area contributed by atoms with Crippen LogP contribution in [0.25, 0.3) is 10.9 Å². The fourth-order valence-corrected chi connectivity index (χ4v) is 2.47. The molecule has 0 unspecified atom stereocenters. The van der Waals surface area contributed by atoms with Crippen molar-refractivity contribution in [2.45, 2.75) is 6.42 Å². The van der Waals surface area contributed by atoms with E-state index in [1.54, 1.807) is 12.3 Å². The minimum atomic E-state index is -0.0662. The molecule has 20 heavy (non-hydrogen) atoms. The number of halogens is 1. The van der Waals surface area contributed by atoms with E-state index in [0.29, 0.717) is 16.7 Å². The van der Waals surface area contributed by atoms with Gasteiger partial charge in [0, 0.05) is 23.3 Å². The summed E-state index contributed by atoms with van der Waals surface area (Å²) < 4.78 is 0.632. The van der Waals surface area contributed by atoms with Crippen LogP contribution in [-0.4, -0.2) is 15.9 Å². The standard InChI is InChI=1S/C15H12BrN3O/c16-15-13(6-3-7-17-15)19-14(20)8-10-9-18-12-5-2-1-4-11(10)12/h1-7,9,18H,8H2,(H,19,20). The Hall–Kier alpha value is -2.14. The number of anilines is 1. The molecule has 3 aromatic rings. The molecule has 0 fully saturated rings. The van der Waals surface area contributed by atoms with Crippen molar-refractivity contribution in [3.63, 3.8) is 0 Å². The third-order valence-electron chi connectivity index (χ3n) is 3.06. The molecule has 1 aromatic carbocycles. The number of rotatable bonds is 3. The summed E-state index contributed by atoms with van der Waals surface area (Å²) in [7, 11) is 0. The summed E-state index contributed by atoms with van der Waals surface area (Å²) in [6.45, 7) is 0. The van der Waals surface area contributed by atoms with Crippen LogP contribution in [0, 0.1) is 0 Å². The Morgan fingerprint density at radius 1 is 1.25 bits per heavy atom. The molecule has 0 radical (unpaired) electrons. The van der Waals surface area contributed by atoms with Crippen molar-refractivity contribution in [3.05, 3.63) is 59.0 Å². The molecule has 2 aromatic heterocycles. The zero-order valence-corrected chi connectivity index (χ0v) is 12.1. The molecule has 2 N–H and O–H groups in total. The molecule has 0 aliphatic rings. The number of nitrogens with zero attached hydrogens (tertiary/aromatic N) is 1. The van der Waals surface area contributed by atoms with Gasteiger partial charge in [-0.2, -0.15) is 0 Å². The van der Waals surface area contributed by atoms with Crippen molar-refractivity contribution >= 4 is 38.4 Å². The number of amides is 1. The van der Waals surface area contributed by atoms with Crippen LogP contribution in [0.15, 0.2) is 53.4 Å². The number of pyridine rings is 1. The quantitative estimate of drug-likeness (QED) is 0.722. The average molecular weight is 330 g/mol. The van der Waals surface area contributed by atoms with Crippen LogP contribution in [0.3, 0.4) is 0 Å². The van der Waals surface area contributed by atoms with Crippen molar-refractivity contribution in [2.75, 3.05) is 5.32 Å². The van der Waals surface area contributed by atoms with Gasteiger partial charge in [0.2, 0.25) is 5.91 Å². The Bertz CT molecular complexity index is 766. The Morgan fingerprint density at radius 2 is 2.10 bits per heavy atom. The van der Waals surface area contributed by atoms with Crippen LogP contribution in [0.1, 0.15) is 5.56 Å². The summed E-state index contributed by atoms with van der Waals surface area (Å²) in [5, 5.41) is 3.93. The molecular weight excluding hydrogens is 318 g/mol. The monoisotopic (exact) mass is 329 g/mol. The van der Waals surface area contributed by atoms with E-state index in [9.17, 15) is 4.79 Å². The van der Waals surface area contributed by atoms with Gasteiger partial charge in [-0.3, -0.25) is 4.79 Å². The number of fused-ring (bicyclic) bond motifs is 1. The summed E-state index contributed by atoms with van der Waals surface area (Å²) in [6.07, 6.45) is 3.87. The minimum Gasteiger partial charge on any atom is -0.361 e. The second kappa shape index (κ2) is 5.46. The molecule has 1 amide bonds. The van der Waals surface area contributed by atoms with Gasteiger partial charge in [-0.25, -0.2) is 4.98 Å². The number of carbonyl (C=O) groups excluding carboxylic acids is 1. The topological polar surface area (TPSA) is 57.8 Å². The van der Waals surface area contributed by atoms with Crippen molar-refractivity contribution in [2.24, 2.45) is 0 Å². The van der Waals surface area contributed by atoms with Gasteiger partial charge in [0.25, 0.3) is 0 Å². The highest BCUT2D eigenvalue weighted by molar-refractivity contribution is 9.10. The number of carbonyl (C=O) groups is 1. The normalized spacial score (nSPS) is 10.7. The van der Waals surface area contributed by atoms with Crippen LogP contribution in [0.4, 0.5) is 5.69 Å². The summed E-state index contributed by atoms with van der Waals surface area (Å²) in [6, 6.07) is 11.5. The molecule has 0 aliphatic heterocycles. The third kappa shape index (κ3) is 2.58. The van der Waals surface area contributed by atoms with Gasteiger partial charge in [-0.15, -0.1) is 0 Å². The summed E-state index contributed by atoms with van der Waals surface area (Å²) >= 11 is 3.31. The van der Waals surface area contributed by atoms with E-state index in [1.807, 2.05) is 36.5 Å². The molecule has 0 saturated carbocycles. The predicted octanol–water partition coefficient (Wildman–Crippen LogP) is 3.51. The zero-order valence-electron chi connectivity index (χ0n) is 10.6. The SMILES string of the molecule is O=C(Cc1c[nH]c2ccccc12)Nc1cccnc1Br. The number of hydrogen-bond donors (Lipinski definition) is 2. The van der Waals surface area contributed by atoms with E-state index in [1.165, 1.54) is 0 Å². The van der Waals surface area contributed by atoms with E-state index >= 15 is 0 Å². The van der Waals surface area contributed by atoms with Gasteiger partial charge in [0.05, 0.1) is 12.1 Å². The van der Waals surface area contributed by atoms with Gasteiger partial charge in [0.15, 0.2) is 0 Å². The van der Waals surface area contributed by atoms with E-state index in [2.05, 4.69) is 31.2 Å². The second-order valence-electron chi connectivity index (χ2n) is 4.43. The third-order valence-corrected chi connectivity index (χ3v) is 3.69. The largest absolute Gasteiger partial charge is 0.361 e. The van der Waals surface area contributed by atoms with Gasteiger partial charge in [0.1, 0.15) is 4.60 Å².